The summed E-state index contributed by atoms with van der Waals surface area (Å²) in [5, 5.41) is 0. The molecule has 1 rings (SSSR count). The molecule has 1 aliphatic carbocycles. The Morgan fingerprint density at radius 1 is 1.24 bits per heavy atom. The summed E-state index contributed by atoms with van der Waals surface area (Å²) in [5.74, 6) is -0.0603. The van der Waals surface area contributed by atoms with E-state index >= 15 is 0 Å². The molecular formula is C16H32O4Si. The summed E-state index contributed by atoms with van der Waals surface area (Å²) in [5.41, 5.74) is -0.284. The minimum atomic E-state index is -1.02. The largest absolute Gasteiger partial charge is 0.469 e. The van der Waals surface area contributed by atoms with Gasteiger partial charge in [-0.25, -0.2) is 0 Å². The molecule has 0 bridgehead atoms. The van der Waals surface area contributed by atoms with Crippen LogP contribution in [0, 0.1) is 5.41 Å². The molecule has 0 aromatic carbocycles. The Hall–Kier alpha value is -0.393. The van der Waals surface area contributed by atoms with Gasteiger partial charge in [-0.3, -0.25) is 4.79 Å². The van der Waals surface area contributed by atoms with E-state index in [-0.39, 0.29) is 17.5 Å². The van der Waals surface area contributed by atoms with Crippen molar-refractivity contribution in [3.63, 3.8) is 0 Å². The molecule has 0 aromatic rings. The van der Waals surface area contributed by atoms with Gasteiger partial charge in [0.1, 0.15) is 6.79 Å². The summed E-state index contributed by atoms with van der Waals surface area (Å²) in [6.45, 7) is 10.3. The lowest BCUT2D eigenvalue weighted by molar-refractivity contribution is -0.159. The zero-order valence-electron chi connectivity index (χ0n) is 14.4. The van der Waals surface area contributed by atoms with E-state index in [1.807, 2.05) is 0 Å². The molecule has 0 N–H and O–H groups in total. The van der Waals surface area contributed by atoms with E-state index in [0.29, 0.717) is 6.79 Å². The van der Waals surface area contributed by atoms with E-state index in [0.717, 1.165) is 38.7 Å². The van der Waals surface area contributed by atoms with E-state index in [9.17, 15) is 4.79 Å². The van der Waals surface area contributed by atoms with Crippen LogP contribution in [0.4, 0.5) is 0 Å². The van der Waals surface area contributed by atoms with Crippen LogP contribution in [0.25, 0.3) is 0 Å². The van der Waals surface area contributed by atoms with E-state index in [1.165, 1.54) is 13.2 Å². The first-order chi connectivity index (χ1) is 9.83. The first-order valence-electron chi connectivity index (χ1n) is 8.11. The summed E-state index contributed by atoms with van der Waals surface area (Å²) >= 11 is 0. The maximum absolute atomic E-state index is 11.9. The van der Waals surface area contributed by atoms with Crippen LogP contribution in [0.5, 0.6) is 0 Å². The number of ether oxygens (including phenoxy) is 3. The molecular weight excluding hydrogens is 284 g/mol. The number of methoxy groups -OCH3 is 1. The average molecular weight is 317 g/mol. The highest BCUT2D eigenvalue weighted by Gasteiger charge is 2.41. The van der Waals surface area contributed by atoms with Crippen molar-refractivity contribution in [1.82, 2.24) is 0 Å². The number of hydrogen-bond acceptors (Lipinski definition) is 4. The predicted molar refractivity (Wildman–Crippen MR) is 87.1 cm³/mol. The Morgan fingerprint density at radius 3 is 2.33 bits per heavy atom. The summed E-state index contributed by atoms with van der Waals surface area (Å²) in [7, 11) is 0.461. The second-order valence-electron chi connectivity index (χ2n) is 7.33. The first kappa shape index (κ1) is 18.7. The van der Waals surface area contributed by atoms with Gasteiger partial charge in [0.25, 0.3) is 0 Å². The number of rotatable bonds is 8. The van der Waals surface area contributed by atoms with Crippen molar-refractivity contribution in [2.45, 2.75) is 70.8 Å². The van der Waals surface area contributed by atoms with Gasteiger partial charge >= 0.3 is 5.97 Å². The summed E-state index contributed by atoms with van der Waals surface area (Å²) < 4.78 is 16.3. The number of carbonyl (C=O) groups excluding carboxylic acids is 1. The fourth-order valence-corrected chi connectivity index (χ4v) is 3.57. The smallest absolute Gasteiger partial charge is 0.311 e. The minimum Gasteiger partial charge on any atom is -0.469 e. The Morgan fingerprint density at radius 2 is 1.86 bits per heavy atom. The quantitative estimate of drug-likeness (QED) is 0.295. The van der Waals surface area contributed by atoms with Crippen molar-refractivity contribution in [2.24, 2.45) is 5.41 Å². The molecule has 0 atom stereocenters. The highest BCUT2D eigenvalue weighted by atomic mass is 28.3. The van der Waals surface area contributed by atoms with E-state index in [2.05, 4.69) is 26.6 Å². The number of hydrogen-bond donors (Lipinski definition) is 0. The molecule has 1 saturated carbocycles. The molecule has 5 heteroatoms. The van der Waals surface area contributed by atoms with Gasteiger partial charge in [-0.2, -0.15) is 0 Å². The van der Waals surface area contributed by atoms with Gasteiger partial charge in [-0.15, -0.1) is 0 Å². The Labute approximate surface area is 130 Å². The second kappa shape index (κ2) is 8.29. The highest BCUT2D eigenvalue weighted by Crippen LogP contribution is 2.41. The zero-order valence-corrected chi connectivity index (χ0v) is 15.4. The monoisotopic (exact) mass is 316 g/mol. The van der Waals surface area contributed by atoms with Crippen LogP contribution < -0.4 is 0 Å². The molecule has 1 aliphatic rings. The average Bonchev–Trinajstić information content (AvgIpc) is 2.45. The third kappa shape index (κ3) is 6.08. The lowest BCUT2D eigenvalue weighted by Gasteiger charge is -2.36. The Kier molecular flexibility index (Phi) is 7.37. The van der Waals surface area contributed by atoms with Gasteiger partial charge < -0.3 is 14.2 Å². The first-order valence-corrected chi connectivity index (χ1v) is 11.8. The molecule has 124 valence electrons. The van der Waals surface area contributed by atoms with Crippen molar-refractivity contribution >= 4 is 14.0 Å². The topological polar surface area (TPSA) is 44.8 Å². The SMILES string of the molecule is CCC1(C(=O)OC)CCC(OCOCC[Si](C)(C)C)CC1. The molecule has 0 aliphatic heterocycles. The maximum Gasteiger partial charge on any atom is 0.311 e. The molecule has 0 spiro atoms. The number of esters is 1. The lowest BCUT2D eigenvalue weighted by Crippen LogP contribution is -2.38. The van der Waals surface area contributed by atoms with Gasteiger partial charge in [0.2, 0.25) is 0 Å². The second-order valence-corrected chi connectivity index (χ2v) is 12.9. The minimum absolute atomic E-state index is 0.0603. The fourth-order valence-electron chi connectivity index (χ4n) is 2.81. The van der Waals surface area contributed by atoms with Crippen molar-refractivity contribution in [1.29, 1.82) is 0 Å². The van der Waals surface area contributed by atoms with Crippen molar-refractivity contribution in [2.75, 3.05) is 20.5 Å². The van der Waals surface area contributed by atoms with Crippen molar-refractivity contribution < 1.29 is 19.0 Å². The Balaban J connectivity index is 2.23. The molecule has 0 amide bonds. The molecule has 0 radical (unpaired) electrons. The van der Waals surface area contributed by atoms with Crippen LogP contribution >= 0.6 is 0 Å². The Bertz CT molecular complexity index is 317. The molecule has 0 aromatic heterocycles. The maximum atomic E-state index is 11.9. The molecule has 0 heterocycles. The van der Waals surface area contributed by atoms with Gasteiger partial charge in [0.05, 0.1) is 18.6 Å². The van der Waals surface area contributed by atoms with Gasteiger partial charge in [-0.05, 0) is 38.1 Å². The van der Waals surface area contributed by atoms with E-state index in [1.54, 1.807) is 0 Å². The third-order valence-electron chi connectivity index (χ3n) is 4.57. The molecule has 0 unspecified atom stereocenters. The van der Waals surface area contributed by atoms with Crippen LogP contribution in [0.1, 0.15) is 39.0 Å². The normalized spacial score (nSPS) is 26.6. The van der Waals surface area contributed by atoms with E-state index < -0.39 is 8.07 Å². The van der Waals surface area contributed by atoms with Crippen molar-refractivity contribution in [3.8, 4) is 0 Å². The number of carbonyl (C=O) groups is 1. The highest BCUT2D eigenvalue weighted by molar-refractivity contribution is 6.76. The predicted octanol–water partition coefficient (Wildman–Crippen LogP) is 3.83. The molecule has 21 heavy (non-hydrogen) atoms. The summed E-state index contributed by atoms with van der Waals surface area (Å²) in [4.78, 5) is 11.9. The molecule has 0 saturated heterocycles. The van der Waals surface area contributed by atoms with Gasteiger partial charge in [0.15, 0.2) is 0 Å². The summed E-state index contributed by atoms with van der Waals surface area (Å²) in [6, 6.07) is 1.17. The summed E-state index contributed by atoms with van der Waals surface area (Å²) in [6.07, 6.45) is 4.62. The van der Waals surface area contributed by atoms with Crippen LogP contribution in [0.15, 0.2) is 0 Å². The molecule has 1 fully saturated rings. The third-order valence-corrected chi connectivity index (χ3v) is 6.27. The van der Waals surface area contributed by atoms with Crippen LogP contribution in [-0.2, 0) is 19.0 Å². The fraction of sp³-hybridized carbons (Fsp3) is 0.938. The zero-order chi connectivity index (χ0) is 15.9. The van der Waals surface area contributed by atoms with Crippen LogP contribution in [-0.4, -0.2) is 40.7 Å². The van der Waals surface area contributed by atoms with Crippen LogP contribution in [0.3, 0.4) is 0 Å². The van der Waals surface area contributed by atoms with Crippen LogP contribution in [0.2, 0.25) is 25.7 Å². The molecule has 4 nitrogen and oxygen atoms in total. The van der Waals surface area contributed by atoms with Gasteiger partial charge in [0, 0.05) is 14.7 Å². The lowest BCUT2D eigenvalue weighted by atomic mass is 9.71. The van der Waals surface area contributed by atoms with E-state index in [4.69, 9.17) is 14.2 Å². The van der Waals surface area contributed by atoms with Gasteiger partial charge in [-0.1, -0.05) is 26.6 Å². The standard InChI is InChI=1S/C16H32O4Si/c1-6-16(15(17)18-2)9-7-14(8-10-16)20-13-19-11-12-21(3,4)5/h14H,6-13H2,1-5H3. The van der Waals surface area contributed by atoms with Crippen molar-refractivity contribution in [3.05, 3.63) is 0 Å².